The number of hydrogen-bond acceptors (Lipinski definition) is 7. The van der Waals surface area contributed by atoms with Crippen molar-refractivity contribution in [3.05, 3.63) is 107 Å². The Hall–Kier alpha value is -5.09. The average molecular weight is 621 g/mol. The Labute approximate surface area is 265 Å². The molecule has 45 heavy (non-hydrogen) atoms. The van der Waals surface area contributed by atoms with Crippen LogP contribution in [0.1, 0.15) is 34.6 Å². The number of hydrogen-bond donors (Lipinski definition) is 1. The zero-order valence-electron chi connectivity index (χ0n) is 24.7. The summed E-state index contributed by atoms with van der Waals surface area (Å²) in [6.07, 6.45) is 6.22. The number of amides is 3. The molecule has 2 atom stereocenters. The lowest BCUT2D eigenvalue weighted by molar-refractivity contribution is -0.140. The van der Waals surface area contributed by atoms with Gasteiger partial charge in [0.1, 0.15) is 23.3 Å². The zero-order valence-corrected chi connectivity index (χ0v) is 25.5. The summed E-state index contributed by atoms with van der Waals surface area (Å²) in [7, 11) is 1.57. The molecule has 3 aromatic carbocycles. The lowest BCUT2D eigenvalue weighted by atomic mass is 9.86. The molecule has 1 aliphatic heterocycles. The van der Waals surface area contributed by atoms with Crippen LogP contribution in [0.2, 0.25) is 0 Å². The van der Waals surface area contributed by atoms with E-state index in [4.69, 9.17) is 9.72 Å². The molecule has 3 amide bonds. The van der Waals surface area contributed by atoms with Crippen molar-refractivity contribution in [3.63, 3.8) is 0 Å². The number of ether oxygens (including phenoxy) is 1. The molecule has 2 aliphatic rings. The first-order valence-corrected chi connectivity index (χ1v) is 15.7. The van der Waals surface area contributed by atoms with Crippen LogP contribution in [0.3, 0.4) is 0 Å². The van der Waals surface area contributed by atoms with Crippen LogP contribution in [-0.4, -0.2) is 53.1 Å². The monoisotopic (exact) mass is 620 g/mol. The van der Waals surface area contributed by atoms with Crippen LogP contribution in [0, 0.1) is 5.92 Å². The molecular weight excluding hydrogens is 588 g/mol. The minimum Gasteiger partial charge on any atom is -0.497 e. The van der Waals surface area contributed by atoms with Crippen molar-refractivity contribution < 1.29 is 23.9 Å². The molecule has 0 radical (unpaired) electrons. The SMILES string of the molecule is COc1ccc(NC(=O)[C@H]([C@@H]2CC=CCC2)N(Cc2nc(-c3ccccc3)cs2)C(=O)CN2C(=O)C(=O)c3ccccc32)cc1. The van der Waals surface area contributed by atoms with Gasteiger partial charge in [0, 0.05) is 16.6 Å². The molecule has 10 heteroatoms. The quantitative estimate of drug-likeness (QED) is 0.179. The third-order valence-corrected chi connectivity index (χ3v) is 8.97. The van der Waals surface area contributed by atoms with Gasteiger partial charge in [-0.05, 0) is 61.6 Å². The first kappa shape index (κ1) is 30.0. The Morgan fingerprint density at radius 2 is 1.78 bits per heavy atom. The van der Waals surface area contributed by atoms with Crippen LogP contribution in [0.5, 0.6) is 5.75 Å². The standard InChI is InChI=1S/C35H32N4O5S/c1-44-26-18-16-25(17-19-26)36-34(42)32(24-12-6-3-7-13-24)39(20-30-37-28(22-45-30)23-10-4-2-5-11-23)31(40)21-38-29-15-9-8-14-27(29)33(41)35(38)43/h2-6,8-11,14-19,22,24,32H,7,12-13,20-21H2,1H3,(H,36,42)/t24-,32+/m1/s1. The minimum absolute atomic E-state index is 0.0644. The summed E-state index contributed by atoms with van der Waals surface area (Å²) in [5, 5.41) is 5.59. The van der Waals surface area contributed by atoms with Gasteiger partial charge in [0.25, 0.3) is 11.7 Å². The maximum absolute atomic E-state index is 14.3. The molecule has 0 fully saturated rings. The number of aromatic nitrogens is 1. The lowest BCUT2D eigenvalue weighted by Gasteiger charge is -2.37. The second-order valence-electron chi connectivity index (χ2n) is 11.0. The second kappa shape index (κ2) is 13.3. The molecule has 9 nitrogen and oxygen atoms in total. The van der Waals surface area contributed by atoms with Crippen molar-refractivity contribution in [2.75, 3.05) is 23.9 Å². The van der Waals surface area contributed by atoms with Crippen molar-refractivity contribution in [1.82, 2.24) is 9.88 Å². The number of methoxy groups -OCH3 is 1. The van der Waals surface area contributed by atoms with Crippen LogP contribution >= 0.6 is 11.3 Å². The summed E-state index contributed by atoms with van der Waals surface area (Å²) in [6, 6.07) is 22.5. The Bertz CT molecular complexity index is 1750. The van der Waals surface area contributed by atoms with Gasteiger partial charge in [-0.25, -0.2) is 4.98 Å². The van der Waals surface area contributed by atoms with Crippen molar-refractivity contribution in [3.8, 4) is 17.0 Å². The molecule has 6 rings (SSSR count). The van der Waals surface area contributed by atoms with Crippen LogP contribution < -0.4 is 15.0 Å². The Morgan fingerprint density at radius 1 is 1.02 bits per heavy atom. The van der Waals surface area contributed by atoms with Crippen LogP contribution in [0.4, 0.5) is 11.4 Å². The van der Waals surface area contributed by atoms with Gasteiger partial charge in [-0.1, -0.05) is 54.6 Å². The molecule has 2 heterocycles. The number of benzene rings is 3. The number of nitrogens with zero attached hydrogens (tertiary/aromatic N) is 3. The van der Waals surface area contributed by atoms with Crippen molar-refractivity contribution in [2.45, 2.75) is 31.8 Å². The summed E-state index contributed by atoms with van der Waals surface area (Å²) < 4.78 is 5.26. The van der Waals surface area contributed by atoms with E-state index in [0.717, 1.165) is 17.7 Å². The number of Topliss-reactive ketones (excluding diaryl/α,β-unsaturated/α-hetero) is 1. The molecule has 0 saturated heterocycles. The number of carbonyl (C=O) groups excluding carboxylic acids is 4. The summed E-state index contributed by atoms with van der Waals surface area (Å²) in [6.45, 7) is -0.317. The van der Waals surface area contributed by atoms with E-state index >= 15 is 0 Å². The predicted molar refractivity (Wildman–Crippen MR) is 173 cm³/mol. The Balaban J connectivity index is 1.35. The maximum atomic E-state index is 14.3. The number of para-hydroxylation sites is 1. The largest absolute Gasteiger partial charge is 0.497 e. The van der Waals surface area contributed by atoms with E-state index in [2.05, 4.69) is 11.4 Å². The molecule has 1 aromatic heterocycles. The highest BCUT2D eigenvalue weighted by Gasteiger charge is 2.41. The fourth-order valence-corrected chi connectivity index (χ4v) is 6.65. The minimum atomic E-state index is -0.864. The van der Waals surface area contributed by atoms with E-state index in [9.17, 15) is 19.2 Å². The fourth-order valence-electron chi connectivity index (χ4n) is 5.85. The summed E-state index contributed by atoms with van der Waals surface area (Å²) in [5.41, 5.74) is 2.94. The molecule has 0 unspecified atom stereocenters. The van der Waals surface area contributed by atoms with Crippen LogP contribution in [0.25, 0.3) is 11.3 Å². The summed E-state index contributed by atoms with van der Waals surface area (Å²) in [4.78, 5) is 61.8. The molecule has 4 aromatic rings. The number of allylic oxidation sites excluding steroid dienone is 2. The number of rotatable bonds is 10. The number of carbonyl (C=O) groups is 4. The highest BCUT2D eigenvalue weighted by Crippen LogP contribution is 2.32. The molecule has 1 aliphatic carbocycles. The first-order chi connectivity index (χ1) is 21.9. The highest BCUT2D eigenvalue weighted by molar-refractivity contribution is 7.09. The molecule has 1 N–H and O–H groups in total. The van der Waals surface area contributed by atoms with Gasteiger partial charge in [0.05, 0.1) is 30.6 Å². The van der Waals surface area contributed by atoms with Gasteiger partial charge in [0.2, 0.25) is 11.8 Å². The van der Waals surface area contributed by atoms with Crippen molar-refractivity contribution >= 4 is 46.2 Å². The van der Waals surface area contributed by atoms with E-state index in [1.165, 1.54) is 21.1 Å². The predicted octanol–water partition coefficient (Wildman–Crippen LogP) is 5.74. The molecule has 228 valence electrons. The smallest absolute Gasteiger partial charge is 0.299 e. The van der Waals surface area contributed by atoms with Gasteiger partial charge in [-0.3, -0.25) is 24.1 Å². The second-order valence-corrected chi connectivity index (χ2v) is 11.9. The summed E-state index contributed by atoms with van der Waals surface area (Å²) in [5.74, 6) is -1.71. The van der Waals surface area contributed by atoms with E-state index in [1.54, 1.807) is 55.6 Å². The van der Waals surface area contributed by atoms with E-state index in [0.29, 0.717) is 35.0 Å². The fraction of sp³-hybridized carbons (Fsp3) is 0.229. The van der Waals surface area contributed by atoms with Crippen LogP contribution in [-0.2, 0) is 20.9 Å². The van der Waals surface area contributed by atoms with E-state index in [1.807, 2.05) is 41.8 Å². The highest BCUT2D eigenvalue weighted by atomic mass is 32.1. The van der Waals surface area contributed by atoms with Gasteiger partial charge < -0.3 is 15.0 Å². The number of fused-ring (bicyclic) bond motifs is 1. The normalized spacial score (nSPS) is 16.3. The Kier molecular flexibility index (Phi) is 8.84. The van der Waals surface area contributed by atoms with E-state index < -0.39 is 23.6 Å². The number of ketones is 1. The third-order valence-electron chi connectivity index (χ3n) is 8.14. The molecular formula is C35H32N4O5S. The summed E-state index contributed by atoms with van der Waals surface area (Å²) >= 11 is 1.41. The van der Waals surface area contributed by atoms with Gasteiger partial charge in [0.15, 0.2) is 0 Å². The Morgan fingerprint density at radius 3 is 2.51 bits per heavy atom. The van der Waals surface area contributed by atoms with E-state index in [-0.39, 0.29) is 30.5 Å². The molecule has 0 saturated carbocycles. The molecule has 0 spiro atoms. The number of anilines is 2. The average Bonchev–Trinajstić information content (AvgIpc) is 3.64. The first-order valence-electron chi connectivity index (χ1n) is 14.8. The number of thiazole rings is 1. The maximum Gasteiger partial charge on any atom is 0.299 e. The molecule has 0 bridgehead atoms. The van der Waals surface area contributed by atoms with Gasteiger partial charge in [-0.2, -0.15) is 0 Å². The van der Waals surface area contributed by atoms with Crippen LogP contribution in [0.15, 0.2) is 96.4 Å². The topological polar surface area (TPSA) is 109 Å². The lowest BCUT2D eigenvalue weighted by Crippen LogP contribution is -2.54. The number of nitrogens with one attached hydrogen (secondary N) is 1. The van der Waals surface area contributed by atoms with Crippen molar-refractivity contribution in [1.29, 1.82) is 0 Å². The zero-order chi connectivity index (χ0) is 31.3. The van der Waals surface area contributed by atoms with Gasteiger partial charge >= 0.3 is 0 Å². The van der Waals surface area contributed by atoms with Gasteiger partial charge in [-0.15, -0.1) is 11.3 Å². The third kappa shape index (κ3) is 6.41. The van der Waals surface area contributed by atoms with Crippen molar-refractivity contribution in [2.24, 2.45) is 5.92 Å².